The van der Waals surface area contributed by atoms with E-state index in [1.807, 2.05) is 5.43 Å². The maximum atomic E-state index is 12.1. The zero-order chi connectivity index (χ0) is 14.7. The van der Waals surface area contributed by atoms with Crippen LogP contribution in [0.3, 0.4) is 0 Å². The van der Waals surface area contributed by atoms with Gasteiger partial charge in [-0.15, -0.1) is 0 Å². The standard InChI is InChI=1S/C11H8N4O5/c12-11(17)14-13-4-6-5-20-9-2-1-7(15(18)19)3-8(9)10(6)16/h1-5H,(H3,12,14,17)/b13-4-. The Morgan fingerprint density at radius 2 is 2.25 bits per heavy atom. The zero-order valence-corrected chi connectivity index (χ0v) is 9.90. The van der Waals surface area contributed by atoms with Gasteiger partial charge in [0.25, 0.3) is 5.69 Å². The van der Waals surface area contributed by atoms with Gasteiger partial charge in [0.1, 0.15) is 11.8 Å². The van der Waals surface area contributed by atoms with Crippen molar-refractivity contribution in [2.75, 3.05) is 0 Å². The SMILES string of the molecule is NC(=O)N/N=C\c1coc2ccc([N+](=O)[O-])cc2c1=O. The number of nitrogens with zero attached hydrogens (tertiary/aromatic N) is 2. The molecule has 0 aliphatic rings. The molecule has 0 unspecified atom stereocenters. The van der Waals surface area contributed by atoms with E-state index in [4.69, 9.17) is 10.2 Å². The van der Waals surface area contributed by atoms with E-state index >= 15 is 0 Å². The van der Waals surface area contributed by atoms with Gasteiger partial charge >= 0.3 is 6.03 Å². The number of hydrazone groups is 1. The topological polar surface area (TPSA) is 141 Å². The largest absolute Gasteiger partial charge is 0.463 e. The molecule has 0 fully saturated rings. The van der Waals surface area contributed by atoms with Crippen LogP contribution in [0.2, 0.25) is 0 Å². The molecular weight excluding hydrogens is 268 g/mol. The Labute approximate surface area is 110 Å². The molecule has 1 aromatic heterocycles. The minimum atomic E-state index is -0.887. The first-order chi connectivity index (χ1) is 9.49. The lowest BCUT2D eigenvalue weighted by atomic mass is 10.1. The van der Waals surface area contributed by atoms with E-state index in [0.29, 0.717) is 0 Å². The molecule has 0 aliphatic carbocycles. The smallest absolute Gasteiger partial charge is 0.332 e. The number of fused-ring (bicyclic) bond motifs is 1. The van der Waals surface area contributed by atoms with Crippen LogP contribution in [-0.2, 0) is 0 Å². The van der Waals surface area contributed by atoms with E-state index in [1.54, 1.807) is 0 Å². The number of non-ortho nitro benzene ring substituents is 1. The molecule has 9 heteroatoms. The minimum absolute atomic E-state index is 0.0201. The molecular formula is C11H8N4O5. The van der Waals surface area contributed by atoms with Crippen LogP contribution in [0.4, 0.5) is 10.5 Å². The number of nitrogens with two attached hydrogens (primary N) is 1. The summed E-state index contributed by atoms with van der Waals surface area (Å²) in [6.07, 6.45) is 2.16. The summed E-state index contributed by atoms with van der Waals surface area (Å²) in [6.45, 7) is 0. The lowest BCUT2D eigenvalue weighted by Gasteiger charge is -1.98. The highest BCUT2D eigenvalue weighted by Crippen LogP contribution is 2.18. The average Bonchev–Trinajstić information content (AvgIpc) is 2.40. The number of rotatable bonds is 3. The van der Waals surface area contributed by atoms with Gasteiger partial charge in [0.15, 0.2) is 0 Å². The first-order valence-corrected chi connectivity index (χ1v) is 5.27. The van der Waals surface area contributed by atoms with Crippen molar-refractivity contribution in [3.8, 4) is 0 Å². The van der Waals surface area contributed by atoms with E-state index in [-0.39, 0.29) is 22.2 Å². The molecule has 102 valence electrons. The predicted molar refractivity (Wildman–Crippen MR) is 69.5 cm³/mol. The molecule has 20 heavy (non-hydrogen) atoms. The Morgan fingerprint density at radius 1 is 1.50 bits per heavy atom. The maximum absolute atomic E-state index is 12.1. The number of amides is 2. The summed E-state index contributed by atoms with van der Waals surface area (Å²) in [5.41, 5.74) is 6.21. The Balaban J connectivity index is 2.51. The van der Waals surface area contributed by atoms with Gasteiger partial charge in [-0.05, 0) is 6.07 Å². The van der Waals surface area contributed by atoms with Crippen LogP contribution >= 0.6 is 0 Å². The molecule has 1 heterocycles. The van der Waals surface area contributed by atoms with Gasteiger partial charge in [0.05, 0.1) is 22.1 Å². The third-order valence-electron chi connectivity index (χ3n) is 2.37. The van der Waals surface area contributed by atoms with Gasteiger partial charge in [-0.25, -0.2) is 10.2 Å². The van der Waals surface area contributed by atoms with E-state index in [0.717, 1.165) is 18.5 Å². The molecule has 2 rings (SSSR count). The first kappa shape index (κ1) is 13.2. The fourth-order valence-corrected chi connectivity index (χ4v) is 1.50. The third kappa shape index (κ3) is 2.61. The summed E-state index contributed by atoms with van der Waals surface area (Å²) in [7, 11) is 0. The van der Waals surface area contributed by atoms with Crippen molar-refractivity contribution in [1.82, 2.24) is 5.43 Å². The van der Waals surface area contributed by atoms with Gasteiger partial charge in [-0.2, -0.15) is 5.10 Å². The van der Waals surface area contributed by atoms with Crippen molar-refractivity contribution in [2.45, 2.75) is 0 Å². The molecule has 2 amide bonds. The summed E-state index contributed by atoms with van der Waals surface area (Å²) < 4.78 is 5.16. The summed E-state index contributed by atoms with van der Waals surface area (Å²) >= 11 is 0. The highest BCUT2D eigenvalue weighted by molar-refractivity contribution is 5.87. The van der Waals surface area contributed by atoms with Crippen LogP contribution in [0.1, 0.15) is 5.56 Å². The van der Waals surface area contributed by atoms with Crippen LogP contribution in [-0.4, -0.2) is 17.2 Å². The predicted octanol–water partition coefficient (Wildman–Crippen LogP) is 0.703. The molecule has 0 saturated heterocycles. The van der Waals surface area contributed by atoms with Crippen LogP contribution < -0.4 is 16.6 Å². The average molecular weight is 276 g/mol. The Morgan fingerprint density at radius 3 is 2.90 bits per heavy atom. The van der Waals surface area contributed by atoms with E-state index in [9.17, 15) is 19.7 Å². The summed E-state index contributed by atoms with van der Waals surface area (Å²) in [5, 5.41) is 14.1. The van der Waals surface area contributed by atoms with Crippen LogP contribution in [0.25, 0.3) is 11.0 Å². The van der Waals surface area contributed by atoms with Gasteiger partial charge in [0, 0.05) is 12.1 Å². The van der Waals surface area contributed by atoms with E-state index in [1.165, 1.54) is 12.1 Å². The van der Waals surface area contributed by atoms with Crippen LogP contribution in [0, 0.1) is 10.1 Å². The number of urea groups is 1. The second kappa shape index (κ2) is 5.18. The van der Waals surface area contributed by atoms with Crippen molar-refractivity contribution in [3.05, 3.63) is 50.4 Å². The zero-order valence-electron chi connectivity index (χ0n) is 9.90. The van der Waals surface area contributed by atoms with E-state index in [2.05, 4.69) is 5.10 Å². The van der Waals surface area contributed by atoms with Crippen molar-refractivity contribution >= 4 is 28.9 Å². The molecule has 0 bridgehead atoms. The van der Waals surface area contributed by atoms with Crippen molar-refractivity contribution in [2.24, 2.45) is 10.8 Å². The highest BCUT2D eigenvalue weighted by Gasteiger charge is 2.11. The third-order valence-corrected chi connectivity index (χ3v) is 2.37. The molecule has 0 saturated carbocycles. The van der Waals surface area contributed by atoms with E-state index < -0.39 is 16.4 Å². The lowest BCUT2D eigenvalue weighted by molar-refractivity contribution is -0.384. The number of benzene rings is 1. The van der Waals surface area contributed by atoms with Gasteiger partial charge in [0.2, 0.25) is 5.43 Å². The molecule has 0 aliphatic heterocycles. The molecule has 2 aromatic rings. The van der Waals surface area contributed by atoms with Crippen LogP contribution in [0.5, 0.6) is 0 Å². The number of carbonyl (C=O) groups excluding carboxylic acids is 1. The first-order valence-electron chi connectivity index (χ1n) is 5.27. The quantitative estimate of drug-likeness (QED) is 0.482. The molecule has 1 aromatic carbocycles. The highest BCUT2D eigenvalue weighted by atomic mass is 16.6. The van der Waals surface area contributed by atoms with Gasteiger partial charge < -0.3 is 10.2 Å². The summed E-state index contributed by atoms with van der Waals surface area (Å²) in [5.74, 6) is 0. The Kier molecular flexibility index (Phi) is 3.42. The molecule has 9 nitrogen and oxygen atoms in total. The second-order valence-corrected chi connectivity index (χ2v) is 3.69. The monoisotopic (exact) mass is 276 g/mol. The van der Waals surface area contributed by atoms with Crippen molar-refractivity contribution in [3.63, 3.8) is 0 Å². The Bertz CT molecular complexity index is 780. The molecule has 3 N–H and O–H groups in total. The fraction of sp³-hybridized carbons (Fsp3) is 0. The fourth-order valence-electron chi connectivity index (χ4n) is 1.50. The number of primary amides is 1. The van der Waals surface area contributed by atoms with Gasteiger partial charge in [-0.3, -0.25) is 14.9 Å². The van der Waals surface area contributed by atoms with Crippen molar-refractivity contribution in [1.29, 1.82) is 0 Å². The maximum Gasteiger partial charge on any atom is 0.332 e. The minimum Gasteiger partial charge on any atom is -0.463 e. The molecule has 0 atom stereocenters. The van der Waals surface area contributed by atoms with Crippen molar-refractivity contribution < 1.29 is 14.1 Å². The van der Waals surface area contributed by atoms with Gasteiger partial charge in [-0.1, -0.05) is 0 Å². The summed E-state index contributed by atoms with van der Waals surface area (Å²) in [6, 6.07) is 2.78. The normalized spacial score (nSPS) is 10.8. The molecule has 0 radical (unpaired) electrons. The number of hydrogen-bond acceptors (Lipinski definition) is 6. The second-order valence-electron chi connectivity index (χ2n) is 3.69. The van der Waals surface area contributed by atoms with Crippen LogP contribution in [0.15, 0.2) is 38.8 Å². The number of hydrogen-bond donors (Lipinski definition) is 2. The lowest BCUT2D eigenvalue weighted by Crippen LogP contribution is -2.24. The Hall–Kier alpha value is -3.23. The number of nitrogens with one attached hydrogen (secondary N) is 1. The number of nitro benzene ring substituents is 1. The number of nitro groups is 1. The molecule has 0 spiro atoms. The summed E-state index contributed by atoms with van der Waals surface area (Å²) in [4.78, 5) is 32.5. The number of carbonyl (C=O) groups is 1.